The van der Waals surface area contributed by atoms with Crippen LogP contribution in [0, 0.1) is 6.92 Å². The highest BCUT2D eigenvalue weighted by Crippen LogP contribution is 2.44. The van der Waals surface area contributed by atoms with Crippen molar-refractivity contribution in [1.29, 1.82) is 0 Å². The minimum atomic E-state index is -4.92. The van der Waals surface area contributed by atoms with Crippen molar-refractivity contribution in [2.24, 2.45) is 0 Å². The number of aryl methyl sites for hydroxylation is 1. The topological polar surface area (TPSA) is 54.8 Å². The summed E-state index contributed by atoms with van der Waals surface area (Å²) in [6.45, 7) is 5.08. The molecule has 0 bridgehead atoms. The third kappa shape index (κ3) is 3.82. The summed E-state index contributed by atoms with van der Waals surface area (Å²) in [6.07, 6.45) is -3.78. The maximum atomic E-state index is 13.1. The van der Waals surface area contributed by atoms with E-state index in [0.29, 0.717) is 49.5 Å². The molecule has 0 saturated carbocycles. The predicted octanol–water partition coefficient (Wildman–Crippen LogP) is 4.02. The van der Waals surface area contributed by atoms with E-state index in [1.165, 1.54) is 10.6 Å². The molecule has 1 atom stereocenters. The molecule has 0 N–H and O–H groups in total. The zero-order valence-electron chi connectivity index (χ0n) is 19.2. The quantitative estimate of drug-likeness (QED) is 0.646. The van der Waals surface area contributed by atoms with E-state index in [9.17, 15) is 22.8 Å². The zero-order valence-corrected chi connectivity index (χ0v) is 19.2. The van der Waals surface area contributed by atoms with Crippen LogP contribution in [0.4, 0.5) is 13.2 Å². The average Bonchev–Trinajstić information content (AvgIpc) is 3.20. The molecule has 0 radical (unpaired) electrons. The van der Waals surface area contributed by atoms with E-state index in [1.807, 2.05) is 20.9 Å². The summed E-state index contributed by atoms with van der Waals surface area (Å²) in [5.41, 5.74) is 1.31. The fraction of sp³-hybridized carbons (Fsp3) is 0.500. The number of hydrogen-bond donors (Lipinski definition) is 0. The highest BCUT2D eigenvalue weighted by Gasteiger charge is 2.49. The van der Waals surface area contributed by atoms with E-state index in [4.69, 9.17) is 4.74 Å². The first-order valence-corrected chi connectivity index (χ1v) is 11.0. The van der Waals surface area contributed by atoms with Crippen LogP contribution in [0.2, 0.25) is 0 Å². The Kier molecular flexibility index (Phi) is 5.80. The summed E-state index contributed by atoms with van der Waals surface area (Å²) in [4.78, 5) is 29.1. The van der Waals surface area contributed by atoms with Crippen LogP contribution in [0.25, 0.3) is 0 Å². The Morgan fingerprint density at radius 1 is 1.12 bits per heavy atom. The number of carbonyl (C=O) groups excluding carboxylic acids is 2. The number of aromatic nitrogens is 1. The smallest absolute Gasteiger partial charge is 0.456 e. The molecule has 1 amide bonds. The number of hydrogen-bond acceptors (Lipinski definition) is 4. The molecule has 0 aliphatic carbocycles. The molecule has 3 heterocycles. The number of amides is 1. The van der Waals surface area contributed by atoms with Crippen LogP contribution in [0.15, 0.2) is 30.3 Å². The Morgan fingerprint density at radius 3 is 2.36 bits per heavy atom. The van der Waals surface area contributed by atoms with Crippen molar-refractivity contribution in [1.82, 2.24) is 14.4 Å². The van der Waals surface area contributed by atoms with Gasteiger partial charge in [-0.1, -0.05) is 0 Å². The van der Waals surface area contributed by atoms with Crippen LogP contribution < -0.4 is 4.74 Å². The second-order valence-corrected chi connectivity index (χ2v) is 9.01. The molecule has 1 spiro atoms. The van der Waals surface area contributed by atoms with Crippen LogP contribution in [0.1, 0.15) is 51.9 Å². The number of likely N-dealkylation sites (N-methyl/N-ethyl adjacent to an activating group) is 1. The molecule has 2 aliphatic heterocycles. The zero-order chi connectivity index (χ0) is 24.1. The standard InChI is InChI=1S/C24H28F3N3O3/c1-15-13-17(5-7-19(15)33-4)22(32)29-11-9-23(10-12-29)20-8-6-18(21(31)24(25,26)27)30(20)14-16(2)28(23)3/h5-8,13,16H,9-12,14H2,1-4H3/t16-/m0/s1. The molecule has 2 aromatic rings. The van der Waals surface area contributed by atoms with Gasteiger partial charge in [-0.2, -0.15) is 13.2 Å². The van der Waals surface area contributed by atoms with Crippen molar-refractivity contribution in [3.63, 3.8) is 0 Å². The number of benzene rings is 1. The van der Waals surface area contributed by atoms with E-state index >= 15 is 0 Å². The Bertz CT molecular complexity index is 1080. The second-order valence-electron chi connectivity index (χ2n) is 9.01. The molecule has 178 valence electrons. The van der Waals surface area contributed by atoms with Gasteiger partial charge < -0.3 is 14.2 Å². The first-order chi connectivity index (χ1) is 15.5. The van der Waals surface area contributed by atoms with E-state index in [-0.39, 0.29) is 17.6 Å². The summed E-state index contributed by atoms with van der Waals surface area (Å²) >= 11 is 0. The number of nitrogens with zero attached hydrogens (tertiary/aromatic N) is 3. The molecule has 1 aromatic heterocycles. The molecule has 1 saturated heterocycles. The molecular weight excluding hydrogens is 435 g/mol. The number of likely N-dealkylation sites (tertiary alicyclic amines) is 1. The summed E-state index contributed by atoms with van der Waals surface area (Å²) in [5.74, 6) is -1.18. The van der Waals surface area contributed by atoms with Gasteiger partial charge in [0.25, 0.3) is 11.7 Å². The normalized spacial score (nSPS) is 20.6. The van der Waals surface area contributed by atoms with E-state index in [0.717, 1.165) is 5.56 Å². The van der Waals surface area contributed by atoms with Crippen LogP contribution in [0.3, 0.4) is 0 Å². The van der Waals surface area contributed by atoms with Gasteiger partial charge in [-0.3, -0.25) is 14.5 Å². The van der Waals surface area contributed by atoms with Crippen LogP contribution in [0.5, 0.6) is 5.75 Å². The summed E-state index contributed by atoms with van der Waals surface area (Å²) in [5, 5.41) is 0. The second kappa shape index (κ2) is 8.20. The Labute approximate surface area is 190 Å². The minimum Gasteiger partial charge on any atom is -0.496 e. The minimum absolute atomic E-state index is 0.0591. The number of ether oxygens (including phenoxy) is 1. The number of alkyl halides is 3. The number of halogens is 3. The number of Topliss-reactive ketones (excluding diaryl/α,β-unsaturated/α-hetero) is 1. The van der Waals surface area contributed by atoms with Gasteiger partial charge in [-0.05, 0) is 69.6 Å². The molecule has 6 nitrogen and oxygen atoms in total. The molecule has 0 unspecified atom stereocenters. The number of rotatable bonds is 3. The SMILES string of the molecule is COc1ccc(C(=O)N2CCC3(CC2)c2ccc(C(=O)C(F)(F)F)n2C[C@H](C)N3C)cc1C. The van der Waals surface area contributed by atoms with Gasteiger partial charge in [0.15, 0.2) is 0 Å². The van der Waals surface area contributed by atoms with Crippen molar-refractivity contribution in [3.8, 4) is 5.75 Å². The number of carbonyl (C=O) groups is 2. The Morgan fingerprint density at radius 2 is 1.79 bits per heavy atom. The lowest BCUT2D eigenvalue weighted by atomic mass is 9.80. The molecule has 9 heteroatoms. The lowest BCUT2D eigenvalue weighted by Crippen LogP contribution is -2.59. The molecule has 2 aliphatic rings. The highest BCUT2D eigenvalue weighted by molar-refractivity contribution is 5.99. The summed E-state index contributed by atoms with van der Waals surface area (Å²) in [7, 11) is 3.55. The predicted molar refractivity (Wildman–Crippen MR) is 117 cm³/mol. The van der Waals surface area contributed by atoms with Gasteiger partial charge in [0.1, 0.15) is 5.75 Å². The van der Waals surface area contributed by atoms with Crippen LogP contribution in [-0.2, 0) is 12.1 Å². The fourth-order valence-corrected chi connectivity index (χ4v) is 5.29. The lowest BCUT2D eigenvalue weighted by Gasteiger charge is -2.53. The maximum absolute atomic E-state index is 13.1. The first kappa shape index (κ1) is 23.4. The van der Waals surface area contributed by atoms with Gasteiger partial charge in [0, 0.05) is 36.9 Å². The van der Waals surface area contributed by atoms with E-state index in [1.54, 1.807) is 36.3 Å². The fourth-order valence-electron chi connectivity index (χ4n) is 5.29. The van der Waals surface area contributed by atoms with Gasteiger partial charge >= 0.3 is 6.18 Å². The van der Waals surface area contributed by atoms with Crippen molar-refractivity contribution in [2.45, 2.75) is 51.0 Å². The van der Waals surface area contributed by atoms with Crippen molar-refractivity contribution < 1.29 is 27.5 Å². The van der Waals surface area contributed by atoms with Crippen molar-refractivity contribution in [2.75, 3.05) is 27.2 Å². The van der Waals surface area contributed by atoms with Gasteiger partial charge in [0.05, 0.1) is 18.3 Å². The molecular formula is C24H28F3N3O3. The van der Waals surface area contributed by atoms with Crippen molar-refractivity contribution in [3.05, 3.63) is 52.8 Å². The summed E-state index contributed by atoms with van der Waals surface area (Å²) in [6, 6.07) is 8.20. The van der Waals surface area contributed by atoms with E-state index < -0.39 is 17.5 Å². The largest absolute Gasteiger partial charge is 0.496 e. The van der Waals surface area contributed by atoms with Crippen LogP contribution in [-0.4, -0.2) is 65.5 Å². The molecule has 1 fully saturated rings. The number of ketones is 1. The van der Waals surface area contributed by atoms with E-state index in [2.05, 4.69) is 4.90 Å². The first-order valence-electron chi connectivity index (χ1n) is 11.0. The monoisotopic (exact) mass is 463 g/mol. The number of piperidine rings is 1. The summed E-state index contributed by atoms with van der Waals surface area (Å²) < 4.78 is 46.2. The Balaban J connectivity index is 1.60. The third-order valence-corrected chi connectivity index (χ3v) is 7.25. The third-order valence-electron chi connectivity index (χ3n) is 7.25. The number of methoxy groups -OCH3 is 1. The average molecular weight is 464 g/mol. The van der Waals surface area contributed by atoms with Gasteiger partial charge in [0.2, 0.25) is 0 Å². The van der Waals surface area contributed by atoms with Gasteiger partial charge in [-0.15, -0.1) is 0 Å². The lowest BCUT2D eigenvalue weighted by molar-refractivity contribution is -0.0894. The number of fused-ring (bicyclic) bond motifs is 2. The van der Waals surface area contributed by atoms with Crippen molar-refractivity contribution >= 4 is 11.7 Å². The molecule has 4 rings (SSSR count). The Hall–Kier alpha value is -2.81. The highest BCUT2D eigenvalue weighted by atomic mass is 19.4. The van der Waals surface area contributed by atoms with Crippen LogP contribution >= 0.6 is 0 Å². The molecule has 33 heavy (non-hydrogen) atoms. The molecule has 1 aromatic carbocycles. The maximum Gasteiger partial charge on any atom is 0.456 e. The van der Waals surface area contributed by atoms with Gasteiger partial charge in [-0.25, -0.2) is 0 Å².